The summed E-state index contributed by atoms with van der Waals surface area (Å²) in [5, 5.41) is 8.23. The van der Waals surface area contributed by atoms with E-state index in [0.717, 1.165) is 25.7 Å². The Balaban J connectivity index is 0.000000686. The molecular weight excluding hydrogens is 422 g/mol. The van der Waals surface area contributed by atoms with Crippen LogP contribution in [-0.4, -0.2) is 32.2 Å². The molecule has 0 fully saturated rings. The highest BCUT2D eigenvalue weighted by Gasteiger charge is 2.03. The van der Waals surface area contributed by atoms with Crippen LogP contribution in [0.15, 0.2) is 76.9 Å². The second-order valence-electron chi connectivity index (χ2n) is 8.72. The quantitative estimate of drug-likeness (QED) is 0.160. The predicted molar refractivity (Wildman–Crippen MR) is 143 cm³/mol. The highest BCUT2D eigenvalue weighted by molar-refractivity contribution is 5.96. The lowest BCUT2D eigenvalue weighted by atomic mass is 10.1. The maximum atomic E-state index is 11.8. The summed E-state index contributed by atoms with van der Waals surface area (Å²) in [5.74, 6) is 0.0289. The number of benzene rings is 1. The van der Waals surface area contributed by atoms with Gasteiger partial charge < -0.3 is 9.47 Å². The van der Waals surface area contributed by atoms with Gasteiger partial charge >= 0.3 is 0 Å². The monoisotopic (exact) mass is 465 g/mol. The van der Waals surface area contributed by atoms with Crippen LogP contribution in [-0.2, 0) is 9.47 Å². The molecule has 0 bridgehead atoms. The SMILES string of the molecule is CC(C)=CCC/C(C)=C/COCC#N.CC(C)=CCC/C(C)=C/COCC(=O)c1ccccc1. The maximum absolute atomic E-state index is 11.8. The van der Waals surface area contributed by atoms with Crippen molar-refractivity contribution < 1.29 is 14.3 Å². The molecule has 0 spiro atoms. The smallest absolute Gasteiger partial charge is 0.188 e. The van der Waals surface area contributed by atoms with E-state index in [-0.39, 0.29) is 19.0 Å². The first kappa shape index (κ1) is 31.3. The summed E-state index contributed by atoms with van der Waals surface area (Å²) in [5.41, 5.74) is 6.04. The van der Waals surface area contributed by atoms with Gasteiger partial charge in [0.15, 0.2) is 5.78 Å². The molecule has 1 aromatic rings. The molecule has 0 radical (unpaired) electrons. The van der Waals surface area contributed by atoms with Crippen molar-refractivity contribution in [3.63, 3.8) is 0 Å². The molecule has 0 atom stereocenters. The number of ketones is 1. The number of nitriles is 1. The van der Waals surface area contributed by atoms with E-state index >= 15 is 0 Å². The molecule has 4 nitrogen and oxygen atoms in total. The Kier molecular flexibility index (Phi) is 19.2. The lowest BCUT2D eigenvalue weighted by Gasteiger charge is -2.03. The van der Waals surface area contributed by atoms with Crippen molar-refractivity contribution in [2.45, 2.75) is 67.2 Å². The molecule has 0 aliphatic carbocycles. The molecule has 0 aromatic heterocycles. The van der Waals surface area contributed by atoms with E-state index in [1.54, 1.807) is 0 Å². The molecule has 186 valence electrons. The van der Waals surface area contributed by atoms with Gasteiger partial charge in [0.25, 0.3) is 0 Å². The molecule has 0 amide bonds. The van der Waals surface area contributed by atoms with Gasteiger partial charge in [-0.15, -0.1) is 0 Å². The number of Topliss-reactive ketones (excluding diaryl/α,β-unsaturated/α-hetero) is 1. The number of rotatable bonds is 14. The molecule has 0 heterocycles. The number of hydrogen-bond donors (Lipinski definition) is 0. The highest BCUT2D eigenvalue weighted by atomic mass is 16.5. The topological polar surface area (TPSA) is 59.3 Å². The van der Waals surface area contributed by atoms with Gasteiger partial charge in [-0.3, -0.25) is 4.79 Å². The average molecular weight is 466 g/mol. The van der Waals surface area contributed by atoms with Gasteiger partial charge in [0, 0.05) is 5.56 Å². The van der Waals surface area contributed by atoms with Crippen LogP contribution in [0.3, 0.4) is 0 Å². The van der Waals surface area contributed by atoms with E-state index in [2.05, 4.69) is 59.8 Å². The Labute approximate surface area is 207 Å². The third kappa shape index (κ3) is 19.9. The first-order valence-electron chi connectivity index (χ1n) is 11.9. The van der Waals surface area contributed by atoms with Crippen molar-refractivity contribution in [1.82, 2.24) is 0 Å². The Morgan fingerprint density at radius 3 is 1.76 bits per heavy atom. The average Bonchev–Trinajstić information content (AvgIpc) is 2.80. The van der Waals surface area contributed by atoms with Crippen molar-refractivity contribution in [2.24, 2.45) is 0 Å². The van der Waals surface area contributed by atoms with Crippen LogP contribution in [0, 0.1) is 11.3 Å². The van der Waals surface area contributed by atoms with Crippen LogP contribution in [0.4, 0.5) is 0 Å². The molecule has 1 aromatic carbocycles. The highest BCUT2D eigenvalue weighted by Crippen LogP contribution is 2.07. The number of nitrogens with zero attached hydrogens (tertiary/aromatic N) is 1. The van der Waals surface area contributed by atoms with Gasteiger partial charge in [0.05, 0.1) is 19.3 Å². The van der Waals surface area contributed by atoms with Crippen LogP contribution >= 0.6 is 0 Å². The molecule has 0 unspecified atom stereocenters. The molecule has 0 saturated heterocycles. The zero-order valence-electron chi connectivity index (χ0n) is 22.0. The zero-order chi connectivity index (χ0) is 25.6. The minimum absolute atomic E-state index is 0.0289. The van der Waals surface area contributed by atoms with Crippen molar-refractivity contribution in [1.29, 1.82) is 5.26 Å². The predicted octanol–water partition coefficient (Wildman–Crippen LogP) is 7.80. The molecule has 34 heavy (non-hydrogen) atoms. The van der Waals surface area contributed by atoms with E-state index < -0.39 is 0 Å². The van der Waals surface area contributed by atoms with Crippen LogP contribution < -0.4 is 0 Å². The van der Waals surface area contributed by atoms with E-state index in [9.17, 15) is 4.79 Å². The maximum Gasteiger partial charge on any atom is 0.188 e. The summed E-state index contributed by atoms with van der Waals surface area (Å²) >= 11 is 0. The third-order valence-electron chi connectivity index (χ3n) is 4.78. The van der Waals surface area contributed by atoms with E-state index in [1.807, 2.05) is 42.5 Å². The fourth-order valence-electron chi connectivity index (χ4n) is 2.75. The van der Waals surface area contributed by atoms with Crippen molar-refractivity contribution in [2.75, 3.05) is 26.4 Å². The van der Waals surface area contributed by atoms with Crippen molar-refractivity contribution in [3.05, 3.63) is 82.5 Å². The van der Waals surface area contributed by atoms with E-state index in [4.69, 9.17) is 14.7 Å². The minimum Gasteiger partial charge on any atom is -0.369 e. The molecule has 4 heteroatoms. The van der Waals surface area contributed by atoms with Gasteiger partial charge in [0.1, 0.15) is 13.2 Å². The molecule has 1 rings (SSSR count). The fraction of sp³-hybridized carbons (Fsp3) is 0.467. The number of ether oxygens (including phenoxy) is 2. The molecule has 0 aliphatic rings. The molecule has 0 aliphatic heterocycles. The summed E-state index contributed by atoms with van der Waals surface area (Å²) in [4.78, 5) is 11.8. The van der Waals surface area contributed by atoms with Crippen molar-refractivity contribution >= 4 is 5.78 Å². The minimum atomic E-state index is 0.0289. The largest absolute Gasteiger partial charge is 0.369 e. The van der Waals surface area contributed by atoms with E-state index in [0.29, 0.717) is 18.8 Å². The zero-order valence-corrected chi connectivity index (χ0v) is 22.0. The van der Waals surface area contributed by atoms with Gasteiger partial charge in [0.2, 0.25) is 0 Å². The first-order valence-corrected chi connectivity index (χ1v) is 11.9. The number of hydrogen-bond acceptors (Lipinski definition) is 4. The van der Waals surface area contributed by atoms with Crippen LogP contribution in [0.1, 0.15) is 77.6 Å². The molecule has 0 saturated carbocycles. The number of allylic oxidation sites excluding steroid dienone is 6. The van der Waals surface area contributed by atoms with Crippen molar-refractivity contribution in [3.8, 4) is 6.07 Å². The lowest BCUT2D eigenvalue weighted by molar-refractivity contribution is 0.0805. The Morgan fingerprint density at radius 1 is 0.794 bits per heavy atom. The van der Waals surface area contributed by atoms with Crippen LogP contribution in [0.5, 0.6) is 0 Å². The van der Waals surface area contributed by atoms with Gasteiger partial charge in [-0.05, 0) is 67.2 Å². The summed E-state index contributed by atoms with van der Waals surface area (Å²) in [6.45, 7) is 14.0. The van der Waals surface area contributed by atoms with Gasteiger partial charge in [-0.2, -0.15) is 5.26 Å². The fourth-order valence-corrected chi connectivity index (χ4v) is 2.75. The van der Waals surface area contributed by atoms with Gasteiger partial charge in [-0.25, -0.2) is 0 Å². The Bertz CT molecular complexity index is 847. The lowest BCUT2D eigenvalue weighted by Crippen LogP contribution is -2.09. The molecule has 0 N–H and O–H groups in total. The first-order chi connectivity index (χ1) is 16.3. The number of carbonyl (C=O) groups is 1. The third-order valence-corrected chi connectivity index (χ3v) is 4.78. The summed E-state index contributed by atoms with van der Waals surface area (Å²) in [6, 6.07) is 11.2. The van der Waals surface area contributed by atoms with Gasteiger partial charge in [-0.1, -0.05) is 76.9 Å². The second-order valence-corrected chi connectivity index (χ2v) is 8.72. The standard InChI is InChI=1S/C18H24O2.C12H19NO/c1-15(2)8-7-9-16(3)12-13-20-14-18(19)17-10-5-4-6-11-17;1-11(2)5-4-6-12(3)7-9-14-10-8-13/h4-6,8,10-12H,7,9,13-14H2,1-3H3;5,7H,4,6,9-10H2,1-3H3/b16-12+;12-7+. The Hall–Kier alpha value is -2.74. The summed E-state index contributed by atoms with van der Waals surface area (Å²) < 4.78 is 10.4. The Morgan fingerprint density at radius 2 is 1.29 bits per heavy atom. The van der Waals surface area contributed by atoms with Crippen LogP contribution in [0.25, 0.3) is 0 Å². The normalized spacial score (nSPS) is 11.1. The van der Waals surface area contributed by atoms with Crippen LogP contribution in [0.2, 0.25) is 0 Å². The summed E-state index contributed by atoms with van der Waals surface area (Å²) in [6.07, 6.45) is 12.8. The molecular formula is C30H43NO3. The summed E-state index contributed by atoms with van der Waals surface area (Å²) in [7, 11) is 0. The number of carbonyl (C=O) groups excluding carboxylic acids is 1. The van der Waals surface area contributed by atoms with E-state index in [1.165, 1.54) is 22.3 Å². The second kappa shape index (κ2) is 20.8.